The van der Waals surface area contributed by atoms with Gasteiger partial charge in [0.1, 0.15) is 5.75 Å². The predicted octanol–water partition coefficient (Wildman–Crippen LogP) is 7.53. The van der Waals surface area contributed by atoms with Gasteiger partial charge >= 0.3 is 47.6 Å². The van der Waals surface area contributed by atoms with Gasteiger partial charge in [-0.3, -0.25) is 0 Å². The lowest BCUT2D eigenvalue weighted by atomic mass is 9.88. The first-order valence-electron chi connectivity index (χ1n) is 7.69. The normalized spacial score (nSPS) is 15.7. The molecule has 1 heterocycles. The number of thiophene rings is 1. The second kappa shape index (κ2) is 8.21. The zero-order chi connectivity index (χ0) is 26.5. The van der Waals surface area contributed by atoms with Gasteiger partial charge in [0.05, 0.1) is 13.0 Å². The van der Waals surface area contributed by atoms with Gasteiger partial charge in [0.15, 0.2) is 0 Å². The van der Waals surface area contributed by atoms with E-state index in [0.29, 0.717) is 0 Å². The van der Waals surface area contributed by atoms with E-state index in [4.69, 9.17) is 0 Å². The molecule has 0 aliphatic carbocycles. The summed E-state index contributed by atoms with van der Waals surface area (Å²) in [6.07, 6.45) is -10.4. The molecule has 1 nitrogen and oxygen atoms in total. The van der Waals surface area contributed by atoms with Gasteiger partial charge in [0.25, 0.3) is 0 Å². The Bertz CT molecular complexity index is 795. The van der Waals surface area contributed by atoms with Gasteiger partial charge in [0.2, 0.25) is 0 Å². The third-order valence-corrected chi connectivity index (χ3v) is 4.63. The predicted molar refractivity (Wildman–Crippen MR) is 75.1 cm³/mol. The van der Waals surface area contributed by atoms with Gasteiger partial charge in [0, 0.05) is 5.38 Å². The first kappa shape index (κ1) is 29.3. The summed E-state index contributed by atoms with van der Waals surface area (Å²) in [6.45, 7) is -1.65. The molecule has 0 bridgehead atoms. The highest BCUT2D eigenvalue weighted by Crippen LogP contribution is 2.64. The Morgan fingerprint density at radius 1 is 0.576 bits per heavy atom. The van der Waals surface area contributed by atoms with Crippen molar-refractivity contribution >= 4 is 11.3 Å². The van der Waals surface area contributed by atoms with Gasteiger partial charge in [-0.05, 0) is 11.4 Å². The van der Waals surface area contributed by atoms with Crippen molar-refractivity contribution in [2.75, 3.05) is 6.61 Å². The van der Waals surface area contributed by atoms with Crippen LogP contribution in [0.25, 0.3) is 0 Å². The molecule has 0 amide bonds. The minimum absolute atomic E-state index is 0.322. The lowest BCUT2D eigenvalue weighted by Crippen LogP contribution is -2.74. The van der Waals surface area contributed by atoms with Gasteiger partial charge in [-0.15, -0.1) is 11.3 Å². The number of hydrogen-bond donors (Lipinski definition) is 0. The summed E-state index contributed by atoms with van der Waals surface area (Å²) < 4.78 is 226. The molecule has 0 spiro atoms. The van der Waals surface area contributed by atoms with Crippen LogP contribution in [-0.2, 0) is 0 Å². The van der Waals surface area contributed by atoms with Gasteiger partial charge in [-0.1, -0.05) is 0 Å². The van der Waals surface area contributed by atoms with Crippen LogP contribution in [-0.4, -0.2) is 54.2 Å². The average molecular weight is 546 g/mol. The molecule has 0 saturated heterocycles. The van der Waals surface area contributed by atoms with Crippen molar-refractivity contribution in [3.63, 3.8) is 0 Å². The fourth-order valence-corrected chi connectivity index (χ4v) is 2.56. The minimum Gasteiger partial charge on any atom is -0.492 e. The van der Waals surface area contributed by atoms with Gasteiger partial charge in [-0.25, -0.2) is 0 Å². The van der Waals surface area contributed by atoms with Crippen molar-refractivity contribution in [3.8, 4) is 5.75 Å². The summed E-state index contributed by atoms with van der Waals surface area (Å²) in [4.78, 5) is 0. The summed E-state index contributed by atoms with van der Waals surface area (Å²) in [5.74, 6) is -56.5. The van der Waals surface area contributed by atoms with Crippen LogP contribution in [0.1, 0.15) is 6.42 Å². The molecular formula is C14H7F17OS. The number of alkyl halides is 17. The molecule has 0 N–H and O–H groups in total. The summed E-state index contributed by atoms with van der Waals surface area (Å²) in [7, 11) is 0. The van der Waals surface area contributed by atoms with E-state index in [-0.39, 0.29) is 5.75 Å². The van der Waals surface area contributed by atoms with Crippen molar-refractivity contribution in [2.45, 2.75) is 54.1 Å². The average Bonchev–Trinajstić information content (AvgIpc) is 3.12. The first-order valence-corrected chi connectivity index (χ1v) is 8.63. The Hall–Kier alpha value is -1.69. The maximum atomic E-state index is 13.6. The molecule has 0 aromatic carbocycles. The quantitative estimate of drug-likeness (QED) is 0.276. The molecule has 1 aromatic rings. The zero-order valence-electron chi connectivity index (χ0n) is 14.9. The lowest BCUT2D eigenvalue weighted by molar-refractivity contribution is -0.461. The third kappa shape index (κ3) is 4.28. The van der Waals surface area contributed by atoms with E-state index in [9.17, 15) is 74.6 Å². The van der Waals surface area contributed by atoms with E-state index < -0.39 is 60.7 Å². The monoisotopic (exact) mass is 546 g/mol. The Kier molecular flexibility index (Phi) is 7.30. The van der Waals surface area contributed by atoms with Crippen LogP contribution in [0, 0.1) is 0 Å². The standard InChI is InChI=1S/C14H7F17OS/c15-7(16,2-3-32-6-1-4-33-5-6)8(17,18)9(19,20)10(21,22)11(23,24)12(25,26)13(27,28)14(29,30)31/h1,4-5H,2-3H2. The number of rotatable bonds is 10. The van der Waals surface area contributed by atoms with Crippen LogP contribution < -0.4 is 4.74 Å². The van der Waals surface area contributed by atoms with E-state index in [0.717, 1.165) is 22.8 Å². The zero-order valence-corrected chi connectivity index (χ0v) is 15.7. The summed E-state index contributed by atoms with van der Waals surface area (Å²) in [5, 5.41) is 2.28. The molecule has 0 aliphatic rings. The minimum atomic E-state index is -8.62. The first-order chi connectivity index (χ1) is 14.3. The topological polar surface area (TPSA) is 9.23 Å². The van der Waals surface area contributed by atoms with Gasteiger partial charge < -0.3 is 4.74 Å². The Morgan fingerprint density at radius 2 is 0.970 bits per heavy atom. The number of halogens is 17. The van der Waals surface area contributed by atoms with E-state index >= 15 is 0 Å². The Labute approximate surface area is 175 Å². The molecule has 0 saturated carbocycles. The third-order valence-electron chi connectivity index (χ3n) is 3.97. The van der Waals surface area contributed by atoms with Crippen LogP contribution in [0.4, 0.5) is 74.6 Å². The van der Waals surface area contributed by atoms with Crippen molar-refractivity contribution in [1.82, 2.24) is 0 Å². The SMILES string of the molecule is FC(F)(F)C(F)(F)C(F)(F)C(F)(F)C(F)(F)C(F)(F)C(F)(F)C(F)(F)CCOc1ccsc1. The lowest BCUT2D eigenvalue weighted by Gasteiger charge is -2.42. The molecular weight excluding hydrogens is 539 g/mol. The van der Waals surface area contributed by atoms with E-state index in [1.807, 2.05) is 0 Å². The summed E-state index contributed by atoms with van der Waals surface area (Å²) in [5.41, 5.74) is 0. The fraction of sp³-hybridized carbons (Fsp3) is 0.714. The maximum absolute atomic E-state index is 13.6. The van der Waals surface area contributed by atoms with Crippen molar-refractivity contribution in [1.29, 1.82) is 0 Å². The van der Waals surface area contributed by atoms with Crippen molar-refractivity contribution < 1.29 is 79.4 Å². The second-order valence-electron chi connectivity index (χ2n) is 6.21. The number of hydrogen-bond acceptors (Lipinski definition) is 2. The molecule has 33 heavy (non-hydrogen) atoms. The molecule has 194 valence electrons. The summed E-state index contributed by atoms with van der Waals surface area (Å²) >= 11 is 0.844. The molecule has 0 aliphatic heterocycles. The van der Waals surface area contributed by atoms with Crippen LogP contribution in [0.3, 0.4) is 0 Å². The molecule has 0 fully saturated rings. The highest BCUT2D eigenvalue weighted by atomic mass is 32.1. The van der Waals surface area contributed by atoms with E-state index in [1.54, 1.807) is 0 Å². The molecule has 0 radical (unpaired) electrons. The van der Waals surface area contributed by atoms with Crippen molar-refractivity contribution in [3.05, 3.63) is 16.8 Å². The highest BCUT2D eigenvalue weighted by molar-refractivity contribution is 7.08. The molecule has 19 heteroatoms. The number of ether oxygens (including phenoxy) is 1. The van der Waals surface area contributed by atoms with Crippen molar-refractivity contribution in [2.24, 2.45) is 0 Å². The second-order valence-corrected chi connectivity index (χ2v) is 6.99. The van der Waals surface area contributed by atoms with E-state index in [2.05, 4.69) is 4.74 Å². The largest absolute Gasteiger partial charge is 0.492 e. The Balaban J connectivity index is 3.37. The van der Waals surface area contributed by atoms with Crippen LogP contribution >= 0.6 is 11.3 Å². The fourth-order valence-electron chi connectivity index (χ4n) is 1.98. The van der Waals surface area contributed by atoms with Crippen LogP contribution in [0.15, 0.2) is 16.8 Å². The van der Waals surface area contributed by atoms with Crippen LogP contribution in [0.5, 0.6) is 5.75 Å². The van der Waals surface area contributed by atoms with E-state index in [1.165, 1.54) is 5.38 Å². The molecule has 0 atom stereocenters. The molecule has 1 rings (SSSR count). The smallest absolute Gasteiger partial charge is 0.460 e. The molecule has 1 aromatic heterocycles. The maximum Gasteiger partial charge on any atom is 0.460 e. The molecule has 0 unspecified atom stereocenters. The highest BCUT2D eigenvalue weighted by Gasteiger charge is 2.95. The van der Waals surface area contributed by atoms with Gasteiger partial charge in [-0.2, -0.15) is 74.6 Å². The Morgan fingerprint density at radius 3 is 1.33 bits per heavy atom. The summed E-state index contributed by atoms with van der Waals surface area (Å²) in [6, 6.07) is 1.02. The van der Waals surface area contributed by atoms with Crippen LogP contribution in [0.2, 0.25) is 0 Å².